The number of rotatable bonds is 11. The van der Waals surface area contributed by atoms with Gasteiger partial charge in [0.2, 0.25) is 0 Å². The summed E-state index contributed by atoms with van der Waals surface area (Å²) in [5.74, 6) is -0.635. The van der Waals surface area contributed by atoms with Crippen molar-refractivity contribution in [3.8, 4) is 11.5 Å². The Morgan fingerprint density at radius 2 is 1.91 bits per heavy atom. The van der Waals surface area contributed by atoms with Crippen LogP contribution in [0, 0.1) is 0 Å². The van der Waals surface area contributed by atoms with Crippen LogP contribution in [0.25, 0.3) is 5.76 Å². The molecule has 34 heavy (non-hydrogen) atoms. The van der Waals surface area contributed by atoms with E-state index in [2.05, 4.69) is 6.58 Å². The van der Waals surface area contributed by atoms with Crippen molar-refractivity contribution in [2.45, 2.75) is 19.4 Å². The third-order valence-corrected chi connectivity index (χ3v) is 5.65. The van der Waals surface area contributed by atoms with Gasteiger partial charge in [-0.2, -0.15) is 0 Å². The average molecular weight is 486 g/mol. The van der Waals surface area contributed by atoms with E-state index < -0.39 is 17.7 Å². The number of carbonyl (C=O) groups excluding carboxylic acids is 2. The van der Waals surface area contributed by atoms with E-state index in [4.69, 9.17) is 25.8 Å². The van der Waals surface area contributed by atoms with Gasteiger partial charge in [0, 0.05) is 25.8 Å². The lowest BCUT2D eigenvalue weighted by Gasteiger charge is -2.25. The average Bonchev–Trinajstić information content (AvgIpc) is 3.09. The van der Waals surface area contributed by atoms with Gasteiger partial charge in [-0.25, -0.2) is 0 Å². The Kier molecular flexibility index (Phi) is 8.73. The van der Waals surface area contributed by atoms with Crippen LogP contribution in [0.15, 0.2) is 60.7 Å². The molecule has 0 bridgehead atoms. The van der Waals surface area contributed by atoms with Gasteiger partial charge in [0.15, 0.2) is 0 Å². The number of nitrogens with zero attached hydrogens (tertiary/aromatic N) is 1. The zero-order chi connectivity index (χ0) is 24.7. The molecule has 1 N–H and O–H groups in total. The number of carbonyl (C=O) groups is 2. The molecule has 1 atom stereocenters. The van der Waals surface area contributed by atoms with Crippen molar-refractivity contribution >= 4 is 29.1 Å². The van der Waals surface area contributed by atoms with Crippen molar-refractivity contribution in [1.29, 1.82) is 0 Å². The SMILES string of the molecule is C=CCOc1ccc([C@H]2C(=C(O)c3ccc(OCC)c(Cl)c3)C(=O)C(=O)N2CCCOC)cc1. The molecule has 2 aromatic rings. The van der Waals surface area contributed by atoms with Gasteiger partial charge in [-0.3, -0.25) is 9.59 Å². The van der Waals surface area contributed by atoms with Crippen LogP contribution in [0.4, 0.5) is 0 Å². The first-order valence-corrected chi connectivity index (χ1v) is 11.3. The van der Waals surface area contributed by atoms with Gasteiger partial charge in [-0.05, 0) is 49.2 Å². The van der Waals surface area contributed by atoms with Crippen LogP contribution < -0.4 is 9.47 Å². The first-order chi connectivity index (χ1) is 16.4. The molecule has 0 aliphatic carbocycles. The van der Waals surface area contributed by atoms with Gasteiger partial charge in [0.05, 0.1) is 23.2 Å². The Balaban J connectivity index is 2.06. The minimum absolute atomic E-state index is 0.00223. The fourth-order valence-corrected chi connectivity index (χ4v) is 4.05. The first-order valence-electron chi connectivity index (χ1n) is 11.0. The number of halogens is 1. The molecule has 3 rings (SSSR count). The number of amides is 1. The van der Waals surface area contributed by atoms with E-state index in [1.165, 1.54) is 11.0 Å². The smallest absolute Gasteiger partial charge is 0.295 e. The predicted molar refractivity (Wildman–Crippen MR) is 130 cm³/mol. The maximum Gasteiger partial charge on any atom is 0.295 e. The van der Waals surface area contributed by atoms with E-state index in [9.17, 15) is 14.7 Å². The second-order valence-electron chi connectivity index (χ2n) is 7.59. The van der Waals surface area contributed by atoms with Gasteiger partial charge in [-0.1, -0.05) is 36.4 Å². The Labute approximate surface area is 204 Å². The van der Waals surface area contributed by atoms with Crippen LogP contribution in [0.3, 0.4) is 0 Å². The van der Waals surface area contributed by atoms with E-state index in [1.54, 1.807) is 49.6 Å². The van der Waals surface area contributed by atoms with Crippen LogP contribution in [0.5, 0.6) is 11.5 Å². The summed E-state index contributed by atoms with van der Waals surface area (Å²) in [7, 11) is 1.57. The topological polar surface area (TPSA) is 85.3 Å². The highest BCUT2D eigenvalue weighted by atomic mass is 35.5. The molecule has 7 nitrogen and oxygen atoms in total. The van der Waals surface area contributed by atoms with Crippen LogP contribution in [0.2, 0.25) is 5.02 Å². The van der Waals surface area contributed by atoms with Crippen molar-refractivity contribution in [2.75, 3.05) is 33.5 Å². The number of likely N-dealkylation sites (tertiary alicyclic amines) is 1. The third-order valence-electron chi connectivity index (χ3n) is 5.36. The Bertz CT molecular complexity index is 1080. The second kappa shape index (κ2) is 11.7. The van der Waals surface area contributed by atoms with E-state index in [0.29, 0.717) is 60.4 Å². The summed E-state index contributed by atoms with van der Waals surface area (Å²) in [5.41, 5.74) is 0.989. The zero-order valence-electron chi connectivity index (χ0n) is 19.3. The Hall–Kier alpha value is -3.29. The molecule has 0 unspecified atom stereocenters. The van der Waals surface area contributed by atoms with Gasteiger partial charge < -0.3 is 24.2 Å². The molecular weight excluding hydrogens is 458 g/mol. The summed E-state index contributed by atoms with van der Waals surface area (Å²) in [6.07, 6.45) is 2.18. The fourth-order valence-electron chi connectivity index (χ4n) is 3.81. The van der Waals surface area contributed by atoms with Crippen molar-refractivity contribution in [3.05, 3.63) is 76.8 Å². The molecule has 1 aliphatic rings. The summed E-state index contributed by atoms with van der Waals surface area (Å²) in [6.45, 7) is 6.98. The molecule has 8 heteroatoms. The highest BCUT2D eigenvalue weighted by Gasteiger charge is 2.45. The molecule has 1 fully saturated rings. The Morgan fingerprint density at radius 1 is 1.18 bits per heavy atom. The summed E-state index contributed by atoms with van der Waals surface area (Å²) in [4.78, 5) is 27.5. The van der Waals surface area contributed by atoms with Gasteiger partial charge in [-0.15, -0.1) is 0 Å². The lowest BCUT2D eigenvalue weighted by atomic mass is 9.95. The lowest BCUT2D eigenvalue weighted by molar-refractivity contribution is -0.140. The van der Waals surface area contributed by atoms with Gasteiger partial charge >= 0.3 is 0 Å². The maximum absolute atomic E-state index is 13.1. The summed E-state index contributed by atoms with van der Waals surface area (Å²) in [5, 5.41) is 11.5. The molecule has 0 aromatic heterocycles. The number of ether oxygens (including phenoxy) is 3. The van der Waals surface area contributed by atoms with E-state index in [-0.39, 0.29) is 11.3 Å². The van der Waals surface area contributed by atoms with E-state index >= 15 is 0 Å². The molecule has 1 amide bonds. The summed E-state index contributed by atoms with van der Waals surface area (Å²) < 4.78 is 16.1. The molecular formula is C26H28ClNO6. The molecule has 0 spiro atoms. The quantitative estimate of drug-likeness (QED) is 0.162. The number of ketones is 1. The zero-order valence-corrected chi connectivity index (χ0v) is 20.0. The number of methoxy groups -OCH3 is 1. The minimum Gasteiger partial charge on any atom is -0.507 e. The van der Waals surface area contributed by atoms with Crippen LogP contribution in [-0.4, -0.2) is 55.2 Å². The van der Waals surface area contributed by atoms with Crippen LogP contribution in [-0.2, 0) is 14.3 Å². The van der Waals surface area contributed by atoms with E-state index in [0.717, 1.165) is 0 Å². The van der Waals surface area contributed by atoms with Crippen LogP contribution >= 0.6 is 11.6 Å². The molecule has 0 radical (unpaired) electrons. The Morgan fingerprint density at radius 3 is 2.53 bits per heavy atom. The maximum atomic E-state index is 13.1. The number of aliphatic hydroxyl groups is 1. The lowest BCUT2D eigenvalue weighted by Crippen LogP contribution is -2.31. The number of hydrogen-bond donors (Lipinski definition) is 1. The van der Waals surface area contributed by atoms with E-state index in [1.807, 2.05) is 6.92 Å². The van der Waals surface area contributed by atoms with Gasteiger partial charge in [0.1, 0.15) is 23.9 Å². The molecule has 1 saturated heterocycles. The van der Waals surface area contributed by atoms with Crippen LogP contribution in [0.1, 0.15) is 30.5 Å². The van der Waals surface area contributed by atoms with Crippen molar-refractivity contribution in [2.24, 2.45) is 0 Å². The number of hydrogen-bond acceptors (Lipinski definition) is 6. The number of benzene rings is 2. The first kappa shape index (κ1) is 25.3. The molecule has 180 valence electrons. The molecule has 2 aromatic carbocycles. The van der Waals surface area contributed by atoms with Crippen molar-refractivity contribution in [1.82, 2.24) is 4.90 Å². The molecule has 0 saturated carbocycles. The summed E-state index contributed by atoms with van der Waals surface area (Å²) in [6, 6.07) is 11.0. The van der Waals surface area contributed by atoms with Gasteiger partial charge in [0.25, 0.3) is 11.7 Å². The second-order valence-corrected chi connectivity index (χ2v) is 7.99. The largest absolute Gasteiger partial charge is 0.507 e. The highest BCUT2D eigenvalue weighted by molar-refractivity contribution is 6.46. The third kappa shape index (κ3) is 5.43. The van der Waals surface area contributed by atoms with Crippen molar-refractivity contribution < 1.29 is 28.9 Å². The monoisotopic (exact) mass is 485 g/mol. The van der Waals surface area contributed by atoms with Crippen molar-refractivity contribution in [3.63, 3.8) is 0 Å². The standard InChI is InChI=1S/C26H28ClNO6/c1-4-14-34-19-10-7-17(8-11-19)23-22(25(30)26(31)28(23)13-6-15-32-3)24(29)18-9-12-21(33-5-2)20(27)16-18/h4,7-12,16,23,29H,1,5-6,13-15H2,2-3H3/t23-/m0/s1. The highest BCUT2D eigenvalue weighted by Crippen LogP contribution is 2.40. The summed E-state index contributed by atoms with van der Waals surface area (Å²) >= 11 is 6.29. The number of Topliss-reactive ketones (excluding diaryl/α,β-unsaturated/α-hetero) is 1. The normalized spacial score (nSPS) is 17.1. The predicted octanol–water partition coefficient (Wildman–Crippen LogP) is 4.76. The molecule has 1 aliphatic heterocycles. The minimum atomic E-state index is -0.768. The fraction of sp³-hybridized carbons (Fsp3) is 0.308. The molecule has 1 heterocycles. The number of aliphatic hydroxyl groups excluding tert-OH is 1.